The van der Waals surface area contributed by atoms with E-state index in [1.54, 1.807) is 12.1 Å². The van der Waals surface area contributed by atoms with Gasteiger partial charge in [0.05, 0.1) is 30.5 Å². The fourth-order valence-corrected chi connectivity index (χ4v) is 13.2. The number of halogens is 2. The summed E-state index contributed by atoms with van der Waals surface area (Å²) in [5.41, 5.74) is 13.4. The van der Waals surface area contributed by atoms with E-state index >= 15 is 0 Å². The van der Waals surface area contributed by atoms with Crippen LogP contribution in [0.5, 0.6) is 0 Å². The second-order valence-electron chi connectivity index (χ2n) is 23.2. The smallest absolute Gasteiger partial charge is 3.00 e. The number of rotatable bonds is 10. The fourth-order valence-electron chi connectivity index (χ4n) is 9.94. The topological polar surface area (TPSA) is 69.6 Å². The maximum Gasteiger partial charge on any atom is 3.00 e. The zero-order chi connectivity index (χ0) is 63.0. The number of hydrogen-bond donors (Lipinski definition) is 0. The molecule has 0 aliphatic carbocycles. The first-order chi connectivity index (χ1) is 41.6. The van der Waals surface area contributed by atoms with E-state index in [0.29, 0.717) is 33.7 Å². The number of furan rings is 1. The largest absolute Gasteiger partial charge is 3.00 e. The van der Waals surface area contributed by atoms with Gasteiger partial charge in [0.2, 0.25) is 0 Å². The van der Waals surface area contributed by atoms with E-state index in [9.17, 15) is 8.78 Å². The average molecular weight is 1360 g/mol. The Kier molecular flexibility index (Phi) is 15.9. The van der Waals surface area contributed by atoms with Crippen LogP contribution in [0.4, 0.5) is 8.78 Å². The molecule has 83 heavy (non-hydrogen) atoms. The van der Waals surface area contributed by atoms with Crippen molar-refractivity contribution < 1.29 is 41.5 Å². The summed E-state index contributed by atoms with van der Waals surface area (Å²) < 4.78 is 83.5. The van der Waals surface area contributed by atoms with Crippen LogP contribution >= 0.6 is 0 Å². The summed E-state index contributed by atoms with van der Waals surface area (Å²) in [6, 6.07) is 62.0. The molecular weight excluding hydrogens is 1280 g/mol. The number of benzene rings is 7. The van der Waals surface area contributed by atoms with Gasteiger partial charge in [0, 0.05) is 42.7 Å². The SMILES string of the molecule is C[Si](C)(C)c1ccc(-c2[c-]cc(F)cc2)nc1.[2H]C([2H])([2H])c1cc(-c2ccc3c(c2)oc2c(-c4nc5ccccc5n4-c4c(C(C)C)cc(-c5ccccc5)cc4C(C)C)[c-]ccc23)cc(C([2H])([2H])[2H])n1.[CH3][Ge]([CH3])([CH3])[c]1ccc(-c2[c-]cc(F)cc2)nc1.[Ir+3]. The van der Waals surface area contributed by atoms with Crippen molar-refractivity contribution in [1.82, 2.24) is 24.5 Å². The van der Waals surface area contributed by atoms with Gasteiger partial charge in [-0.05, 0) is 112 Å². The number of imidazole rings is 1. The van der Waals surface area contributed by atoms with Crippen LogP contribution in [-0.2, 0) is 20.1 Å². The molecule has 0 N–H and O–H groups in total. The maximum atomic E-state index is 12.8. The van der Waals surface area contributed by atoms with Crippen molar-refractivity contribution in [2.75, 3.05) is 0 Å². The molecule has 0 aliphatic heterocycles. The molecule has 0 unspecified atom stereocenters. The summed E-state index contributed by atoms with van der Waals surface area (Å²) in [6.45, 7) is 10.6. The van der Waals surface area contributed by atoms with E-state index in [0.717, 1.165) is 50.0 Å². The Morgan fingerprint density at radius 2 is 1.19 bits per heavy atom. The van der Waals surface area contributed by atoms with Crippen LogP contribution in [0.25, 0.3) is 94.8 Å². The van der Waals surface area contributed by atoms with Gasteiger partial charge in [-0.25, -0.2) is 0 Å². The number of aromatic nitrogens is 5. The van der Waals surface area contributed by atoms with Crippen molar-refractivity contribution in [3.05, 3.63) is 235 Å². The Morgan fingerprint density at radius 3 is 1.73 bits per heavy atom. The Labute approximate surface area is 513 Å². The molecule has 0 amide bonds. The van der Waals surface area contributed by atoms with Crippen molar-refractivity contribution in [2.45, 2.75) is 90.1 Å². The summed E-state index contributed by atoms with van der Waals surface area (Å²) in [5, 5.41) is 3.05. The number of pyridine rings is 3. The van der Waals surface area contributed by atoms with Crippen LogP contribution in [-0.4, -0.2) is 45.8 Å². The van der Waals surface area contributed by atoms with Crippen molar-refractivity contribution in [3.63, 3.8) is 0 Å². The summed E-state index contributed by atoms with van der Waals surface area (Å²) in [4.78, 5) is 18.1. The molecule has 7 aromatic carbocycles. The number of para-hydroxylation sites is 2. The molecule has 0 bridgehead atoms. The molecule has 11 heteroatoms. The van der Waals surface area contributed by atoms with E-state index in [1.807, 2.05) is 79.1 Å². The van der Waals surface area contributed by atoms with E-state index in [4.69, 9.17) is 17.6 Å². The van der Waals surface area contributed by atoms with Crippen LogP contribution in [0, 0.1) is 43.5 Å². The third-order valence-electron chi connectivity index (χ3n) is 14.5. The number of fused-ring (bicyclic) bond motifs is 4. The summed E-state index contributed by atoms with van der Waals surface area (Å²) >= 11 is -1.79. The molecule has 0 saturated heterocycles. The van der Waals surface area contributed by atoms with E-state index in [2.05, 4.69) is 157 Å². The van der Waals surface area contributed by atoms with Crippen LogP contribution < -0.4 is 9.58 Å². The van der Waals surface area contributed by atoms with Gasteiger partial charge in [0.25, 0.3) is 0 Å². The number of aryl methyl sites for hydroxylation is 2. The monoisotopic (exact) mass is 1360 g/mol. The molecule has 5 aromatic heterocycles. The quantitative estimate of drug-likeness (QED) is 0.101. The predicted molar refractivity (Wildman–Crippen MR) is 342 cm³/mol. The molecule has 0 saturated carbocycles. The standard InChI is InChI=1S/C44H38N3O.C14H15FGeN.C14H15FNSi.Ir/c1-26(2)37-23-33(30-13-8-7-9-14-30)24-38(27(3)4)42(37)47-40-18-11-10-17-39(40)46-44(47)36-16-12-15-35-34-20-19-31(25-41(34)48-43(35)36)32-21-28(5)45-29(6)22-32;1-16(2,3)13-8-9-14(17-10-13)11-4-6-12(15)7-5-11;1-17(2,3)13-8-9-14(16-10-13)11-4-6-12(15)7-5-11;/h7-15,17-27H,1-6H3;2*4,6-10H,1-3H3;/q3*-1;+3/i5D3,6D3;;;. The van der Waals surface area contributed by atoms with Gasteiger partial charge in [-0.2, -0.15) is 0 Å². The normalized spacial score (nSPS) is 13.0. The molecule has 0 fully saturated rings. The van der Waals surface area contributed by atoms with Gasteiger partial charge < -0.3 is 14.0 Å². The maximum absolute atomic E-state index is 12.8. The van der Waals surface area contributed by atoms with Crippen LogP contribution in [0.3, 0.4) is 0 Å². The summed E-state index contributed by atoms with van der Waals surface area (Å²) in [6.07, 6.45) is 3.88. The van der Waals surface area contributed by atoms with Gasteiger partial charge in [-0.3, -0.25) is 14.4 Å². The van der Waals surface area contributed by atoms with E-state index in [1.165, 1.54) is 68.2 Å². The minimum atomic E-state index is -2.58. The Hall–Kier alpha value is -7.47. The molecule has 418 valence electrons. The van der Waals surface area contributed by atoms with Crippen molar-refractivity contribution >= 4 is 63.9 Å². The Morgan fingerprint density at radius 1 is 0.590 bits per heavy atom. The van der Waals surface area contributed by atoms with Crippen molar-refractivity contribution in [1.29, 1.82) is 0 Å². The third-order valence-corrected chi connectivity index (χ3v) is 20.8. The molecule has 0 atom stereocenters. The fraction of sp³-hybridized carbons (Fsp3) is 0.194. The van der Waals surface area contributed by atoms with Gasteiger partial charge in [0.15, 0.2) is 0 Å². The zero-order valence-electron chi connectivity index (χ0n) is 54.2. The minimum absolute atomic E-state index is 0. The first-order valence-corrected chi connectivity index (χ1v) is 38.4. The molecule has 0 aliphatic rings. The summed E-state index contributed by atoms with van der Waals surface area (Å²) in [7, 11) is -1.30. The molecule has 5 heterocycles. The van der Waals surface area contributed by atoms with Gasteiger partial charge in [-0.15, -0.1) is 48.0 Å². The first kappa shape index (κ1) is 52.3. The number of nitrogens with zero attached hydrogens (tertiary/aromatic N) is 5. The van der Waals surface area contributed by atoms with Crippen molar-refractivity contribution in [2.24, 2.45) is 0 Å². The first-order valence-electron chi connectivity index (χ1n) is 30.5. The molecule has 12 aromatic rings. The predicted octanol–water partition coefficient (Wildman–Crippen LogP) is 18.4. The van der Waals surface area contributed by atoms with Gasteiger partial charge in [0.1, 0.15) is 5.58 Å². The second kappa shape index (κ2) is 25.2. The van der Waals surface area contributed by atoms with Gasteiger partial charge in [-0.1, -0.05) is 125 Å². The second-order valence-corrected chi connectivity index (χ2v) is 38.9. The van der Waals surface area contributed by atoms with Crippen LogP contribution in [0.1, 0.15) is 70.3 Å². The minimum Gasteiger partial charge on any atom is 3.00 e. The molecule has 6 nitrogen and oxygen atoms in total. The van der Waals surface area contributed by atoms with Crippen LogP contribution in [0.2, 0.25) is 36.9 Å². The Balaban J connectivity index is 0.000000218. The number of hydrogen-bond acceptors (Lipinski definition) is 5. The molecule has 12 rings (SSSR count). The summed E-state index contributed by atoms with van der Waals surface area (Å²) in [5.74, 6) is 7.56. The molecule has 0 radical (unpaired) electrons. The van der Waals surface area contributed by atoms with E-state index < -0.39 is 35.0 Å². The third kappa shape index (κ3) is 13.5. The Bertz CT molecular complexity index is 4290. The van der Waals surface area contributed by atoms with E-state index in [-0.39, 0.29) is 55.0 Å². The molecule has 0 spiro atoms. The van der Waals surface area contributed by atoms with Crippen LogP contribution in [0.15, 0.2) is 187 Å². The average Bonchev–Trinajstić information content (AvgIpc) is 1.77. The van der Waals surface area contributed by atoms with Gasteiger partial charge >= 0.3 is 124 Å². The molecular formula is C72H68F2GeIrN5OSi. The van der Waals surface area contributed by atoms with Crippen molar-refractivity contribution in [3.8, 4) is 61.8 Å². The zero-order valence-corrected chi connectivity index (χ0v) is 53.7.